The predicted molar refractivity (Wildman–Crippen MR) is 91.5 cm³/mol. The molecule has 2 heterocycles. The minimum absolute atomic E-state index is 0.0925. The number of nitrogens with zero attached hydrogens (tertiary/aromatic N) is 2. The number of sulfonamides is 2. The summed E-state index contributed by atoms with van der Waals surface area (Å²) < 4.78 is 120. The summed E-state index contributed by atoms with van der Waals surface area (Å²) in [6.45, 7) is -0.430. The highest BCUT2D eigenvalue weighted by atomic mass is 32.2. The Kier molecular flexibility index (Phi) is 6.18. The van der Waals surface area contributed by atoms with Crippen molar-refractivity contribution in [2.45, 2.75) is 22.6 Å². The van der Waals surface area contributed by atoms with E-state index in [2.05, 4.69) is 10.2 Å². The van der Waals surface area contributed by atoms with E-state index < -0.39 is 66.5 Å². The molecule has 1 aliphatic rings. The summed E-state index contributed by atoms with van der Waals surface area (Å²) >= 11 is 0. The Morgan fingerprint density at radius 2 is 1.63 bits per heavy atom. The summed E-state index contributed by atoms with van der Waals surface area (Å²) in [5.41, 5.74) is 0. The van der Waals surface area contributed by atoms with E-state index in [-0.39, 0.29) is 18.0 Å². The largest absolute Gasteiger partial charge is 0.284 e. The first-order chi connectivity index (χ1) is 14.0. The molecular weight excluding hydrogens is 459 g/mol. The van der Waals surface area contributed by atoms with Crippen molar-refractivity contribution in [1.82, 2.24) is 19.2 Å². The van der Waals surface area contributed by atoms with Crippen LogP contribution in [0.3, 0.4) is 0 Å². The lowest BCUT2D eigenvalue weighted by Crippen LogP contribution is -2.43. The van der Waals surface area contributed by atoms with E-state index in [0.29, 0.717) is 12.8 Å². The Morgan fingerprint density at radius 1 is 1.03 bits per heavy atom. The molecule has 1 atom stereocenters. The van der Waals surface area contributed by atoms with E-state index in [0.717, 1.165) is 10.5 Å². The average molecular weight is 474 g/mol. The Hall–Kier alpha value is -2.10. The number of hydrogen-bond acceptors (Lipinski definition) is 5. The van der Waals surface area contributed by atoms with Crippen LogP contribution in [0.2, 0.25) is 0 Å². The van der Waals surface area contributed by atoms with Gasteiger partial charge in [-0.2, -0.15) is 9.40 Å². The molecule has 0 spiro atoms. The highest BCUT2D eigenvalue weighted by molar-refractivity contribution is 7.89. The third-order valence-corrected chi connectivity index (χ3v) is 7.87. The zero-order valence-corrected chi connectivity index (χ0v) is 16.6. The van der Waals surface area contributed by atoms with E-state index in [4.69, 9.17) is 0 Å². The van der Waals surface area contributed by atoms with Crippen molar-refractivity contribution in [1.29, 1.82) is 0 Å². The van der Waals surface area contributed by atoms with Crippen molar-refractivity contribution >= 4 is 20.0 Å². The van der Waals surface area contributed by atoms with Gasteiger partial charge < -0.3 is 0 Å². The maximum Gasteiger partial charge on any atom is 0.246 e. The maximum atomic E-state index is 13.8. The van der Waals surface area contributed by atoms with Crippen molar-refractivity contribution in [2.75, 3.05) is 19.6 Å². The Labute approximate surface area is 168 Å². The van der Waals surface area contributed by atoms with Crippen LogP contribution in [0.1, 0.15) is 12.8 Å². The zero-order chi connectivity index (χ0) is 22.3. The molecule has 1 aromatic heterocycles. The molecule has 1 fully saturated rings. The van der Waals surface area contributed by atoms with Crippen LogP contribution in [0.15, 0.2) is 22.2 Å². The Morgan fingerprint density at radius 3 is 2.20 bits per heavy atom. The summed E-state index contributed by atoms with van der Waals surface area (Å²) in [6, 6.07) is 0. The number of halogens is 5. The molecule has 0 radical (unpaired) electrons. The quantitative estimate of drug-likeness (QED) is 0.374. The number of hydrogen-bond donors (Lipinski definition) is 2. The van der Waals surface area contributed by atoms with Crippen LogP contribution >= 0.6 is 0 Å². The SMILES string of the molecule is O=S(=O)(NCC1CCCN(S(=O)(=O)c2cn[nH]c2)C1)c1c(F)c(F)c(F)c(F)c1F. The molecule has 2 aromatic rings. The number of benzene rings is 1. The van der Waals surface area contributed by atoms with Gasteiger partial charge in [0.15, 0.2) is 28.2 Å². The molecule has 1 unspecified atom stereocenters. The number of H-pyrrole nitrogens is 1. The first-order valence-corrected chi connectivity index (χ1v) is 11.4. The molecule has 1 aromatic carbocycles. The molecular formula is C15H15F5N4O4S2. The second-order valence-electron chi connectivity index (χ2n) is 6.56. The van der Waals surface area contributed by atoms with Crippen LogP contribution in [0.4, 0.5) is 22.0 Å². The van der Waals surface area contributed by atoms with Gasteiger partial charge in [0.2, 0.25) is 25.9 Å². The highest BCUT2D eigenvalue weighted by Gasteiger charge is 2.35. The summed E-state index contributed by atoms with van der Waals surface area (Å²) in [5, 5.41) is 5.93. The summed E-state index contributed by atoms with van der Waals surface area (Å²) in [4.78, 5) is -2.08. The standard InChI is InChI=1S/C15H15F5N4O4S2/c16-10-11(17)13(19)15(14(20)12(10)18)29(25,26)23-4-8-2-1-3-24(7-8)30(27,28)9-5-21-22-6-9/h5-6,8,23H,1-4,7H2,(H,21,22). The topological polar surface area (TPSA) is 112 Å². The lowest BCUT2D eigenvalue weighted by Gasteiger charge is -2.31. The van der Waals surface area contributed by atoms with E-state index in [9.17, 15) is 38.8 Å². The average Bonchev–Trinajstić information content (AvgIpc) is 3.25. The number of nitrogens with one attached hydrogen (secondary N) is 2. The fourth-order valence-electron chi connectivity index (χ4n) is 3.06. The van der Waals surface area contributed by atoms with Gasteiger partial charge in [-0.25, -0.2) is 43.5 Å². The van der Waals surface area contributed by atoms with Gasteiger partial charge in [0.25, 0.3) is 0 Å². The second kappa shape index (κ2) is 8.20. The Bertz CT molecular complexity index is 1130. The summed E-state index contributed by atoms with van der Waals surface area (Å²) in [7, 11) is -8.99. The lowest BCUT2D eigenvalue weighted by molar-refractivity contribution is 0.267. The summed E-state index contributed by atoms with van der Waals surface area (Å²) in [6.07, 6.45) is 3.01. The first-order valence-electron chi connectivity index (χ1n) is 8.47. The molecule has 30 heavy (non-hydrogen) atoms. The number of aromatic nitrogens is 2. The van der Waals surface area contributed by atoms with E-state index >= 15 is 0 Å². The van der Waals surface area contributed by atoms with E-state index in [1.54, 1.807) is 4.72 Å². The third kappa shape index (κ3) is 4.06. The number of piperidine rings is 1. The van der Waals surface area contributed by atoms with Gasteiger partial charge in [-0.05, 0) is 18.8 Å². The van der Waals surface area contributed by atoms with Crippen LogP contribution in [0, 0.1) is 35.0 Å². The maximum absolute atomic E-state index is 13.8. The van der Waals surface area contributed by atoms with Gasteiger partial charge >= 0.3 is 0 Å². The predicted octanol–water partition coefficient (Wildman–Crippen LogP) is 1.48. The molecule has 1 aliphatic heterocycles. The lowest BCUT2D eigenvalue weighted by atomic mass is 10.0. The normalized spacial score (nSPS) is 18.6. The van der Waals surface area contributed by atoms with Gasteiger partial charge in [-0.1, -0.05) is 0 Å². The van der Waals surface area contributed by atoms with Crippen molar-refractivity contribution in [3.05, 3.63) is 41.5 Å². The minimum atomic E-state index is -5.11. The number of rotatable bonds is 6. The first kappa shape index (κ1) is 22.6. The van der Waals surface area contributed by atoms with Crippen LogP contribution in [-0.4, -0.2) is 51.0 Å². The molecule has 1 saturated heterocycles. The van der Waals surface area contributed by atoms with Crippen molar-refractivity contribution in [2.24, 2.45) is 5.92 Å². The molecule has 8 nitrogen and oxygen atoms in total. The smallest absolute Gasteiger partial charge is 0.246 e. The monoisotopic (exact) mass is 474 g/mol. The van der Waals surface area contributed by atoms with Crippen molar-refractivity contribution in [3.63, 3.8) is 0 Å². The fraction of sp³-hybridized carbons (Fsp3) is 0.400. The molecule has 0 bridgehead atoms. The molecule has 2 N–H and O–H groups in total. The molecule has 0 aliphatic carbocycles. The minimum Gasteiger partial charge on any atom is -0.284 e. The fourth-order valence-corrected chi connectivity index (χ4v) is 5.77. The molecule has 15 heteroatoms. The van der Waals surface area contributed by atoms with Gasteiger partial charge in [0, 0.05) is 25.8 Å². The molecule has 0 saturated carbocycles. The van der Waals surface area contributed by atoms with Gasteiger partial charge in [0.05, 0.1) is 6.20 Å². The molecule has 0 amide bonds. The zero-order valence-electron chi connectivity index (χ0n) is 15.0. The van der Waals surface area contributed by atoms with Crippen LogP contribution in [0.5, 0.6) is 0 Å². The van der Waals surface area contributed by atoms with E-state index in [1.165, 1.54) is 6.20 Å². The van der Waals surface area contributed by atoms with Crippen LogP contribution in [0.25, 0.3) is 0 Å². The van der Waals surface area contributed by atoms with Gasteiger partial charge in [-0.15, -0.1) is 0 Å². The van der Waals surface area contributed by atoms with Gasteiger partial charge in [0.1, 0.15) is 4.90 Å². The van der Waals surface area contributed by atoms with Crippen molar-refractivity contribution < 1.29 is 38.8 Å². The molecule has 166 valence electrons. The highest BCUT2D eigenvalue weighted by Crippen LogP contribution is 2.27. The van der Waals surface area contributed by atoms with E-state index in [1.807, 2.05) is 0 Å². The van der Waals surface area contributed by atoms with Gasteiger partial charge in [-0.3, -0.25) is 5.10 Å². The number of aromatic amines is 1. The molecule has 3 rings (SSSR count). The van der Waals surface area contributed by atoms with Crippen LogP contribution in [-0.2, 0) is 20.0 Å². The summed E-state index contributed by atoms with van der Waals surface area (Å²) in [5.74, 6) is -12.8. The third-order valence-electron chi connectivity index (χ3n) is 4.59. The van der Waals surface area contributed by atoms with Crippen molar-refractivity contribution in [3.8, 4) is 0 Å². The van der Waals surface area contributed by atoms with Crippen LogP contribution < -0.4 is 4.72 Å². The Balaban J connectivity index is 1.77. The second-order valence-corrected chi connectivity index (χ2v) is 10.2.